The molecule has 25 heavy (non-hydrogen) atoms. The van der Waals surface area contributed by atoms with Crippen LogP contribution in [0.25, 0.3) is 21.5 Å². The van der Waals surface area contributed by atoms with Crippen LogP contribution < -0.4 is 0 Å². The Morgan fingerprint density at radius 2 is 1.92 bits per heavy atom. The maximum absolute atomic E-state index is 14.7. The minimum atomic E-state index is -0.124. The highest BCUT2D eigenvalue weighted by Gasteiger charge is 2.29. The van der Waals surface area contributed by atoms with E-state index in [4.69, 9.17) is 11.6 Å². The Balaban J connectivity index is 2.12. The van der Waals surface area contributed by atoms with Crippen LogP contribution in [0.4, 0.5) is 4.39 Å². The molecule has 0 aliphatic heterocycles. The van der Waals surface area contributed by atoms with Crippen LogP contribution in [0.1, 0.15) is 49.8 Å². The predicted octanol–water partition coefficient (Wildman–Crippen LogP) is 6.92. The normalized spacial score (nSPS) is 16.3. The Kier molecular flexibility index (Phi) is 4.24. The van der Waals surface area contributed by atoms with E-state index >= 15 is 0 Å². The largest absolute Gasteiger partial charge is 0.206 e. The smallest absolute Gasteiger partial charge is 0.131 e. The van der Waals surface area contributed by atoms with Crippen LogP contribution in [0, 0.1) is 5.82 Å². The quantitative estimate of drug-likeness (QED) is 0.354. The first-order valence-corrected chi connectivity index (χ1v) is 9.78. The lowest BCUT2D eigenvalue weighted by Gasteiger charge is -2.34. The van der Waals surface area contributed by atoms with Gasteiger partial charge in [-0.3, -0.25) is 0 Å². The molecule has 0 bridgehead atoms. The minimum Gasteiger partial charge on any atom is -0.206 e. The number of halogens is 2. The lowest BCUT2D eigenvalue weighted by Crippen LogP contribution is -2.24. The van der Waals surface area contributed by atoms with Crippen molar-refractivity contribution in [3.05, 3.63) is 58.9 Å². The standard InChI is InChI=1S/C23H24ClF/c1-23(2)12-4-6-15-10-11-17-18-8-3-9-20(25)21(18)16(7-5-13-24)14-19(17)22(15)23/h3,8-11,14H,4-7,12-13H2,1-2H3. The maximum Gasteiger partial charge on any atom is 0.131 e. The number of fused-ring (bicyclic) bond motifs is 5. The zero-order valence-corrected chi connectivity index (χ0v) is 15.7. The van der Waals surface area contributed by atoms with Crippen LogP contribution in [0.2, 0.25) is 0 Å². The summed E-state index contributed by atoms with van der Waals surface area (Å²) in [5, 5.41) is 4.29. The average molecular weight is 355 g/mol. The summed E-state index contributed by atoms with van der Waals surface area (Å²) in [6.07, 6.45) is 5.28. The zero-order valence-electron chi connectivity index (χ0n) is 15.0. The van der Waals surface area contributed by atoms with Crippen molar-refractivity contribution in [1.82, 2.24) is 0 Å². The van der Waals surface area contributed by atoms with Gasteiger partial charge in [-0.2, -0.15) is 0 Å². The SMILES string of the molecule is CC1(C)CCCc2ccc3c(cc(CCCCl)c4c(F)cccc43)c21. The number of aryl methyl sites for hydroxylation is 2. The first kappa shape index (κ1) is 16.8. The first-order chi connectivity index (χ1) is 12.0. The fourth-order valence-corrected chi connectivity index (χ4v) is 4.81. The molecule has 0 saturated carbocycles. The van der Waals surface area contributed by atoms with Crippen molar-refractivity contribution < 1.29 is 4.39 Å². The predicted molar refractivity (Wildman–Crippen MR) is 106 cm³/mol. The summed E-state index contributed by atoms with van der Waals surface area (Å²) in [4.78, 5) is 0. The number of alkyl halides is 1. The van der Waals surface area contributed by atoms with Crippen molar-refractivity contribution in [2.24, 2.45) is 0 Å². The second-order valence-corrected chi connectivity index (χ2v) is 8.30. The maximum atomic E-state index is 14.7. The average Bonchev–Trinajstić information content (AvgIpc) is 2.58. The van der Waals surface area contributed by atoms with Crippen molar-refractivity contribution in [3.63, 3.8) is 0 Å². The van der Waals surface area contributed by atoms with E-state index in [1.165, 1.54) is 34.7 Å². The van der Waals surface area contributed by atoms with Crippen LogP contribution in [0.5, 0.6) is 0 Å². The van der Waals surface area contributed by atoms with Gasteiger partial charge in [0.15, 0.2) is 0 Å². The van der Waals surface area contributed by atoms with E-state index in [-0.39, 0.29) is 11.2 Å². The Morgan fingerprint density at radius 3 is 2.72 bits per heavy atom. The van der Waals surface area contributed by atoms with Gasteiger partial charge in [-0.15, -0.1) is 11.6 Å². The molecule has 0 unspecified atom stereocenters. The molecule has 0 N–H and O–H groups in total. The third-order valence-corrected chi connectivity index (χ3v) is 6.05. The summed E-state index contributed by atoms with van der Waals surface area (Å²) in [6, 6.07) is 12.2. The number of hydrogen-bond donors (Lipinski definition) is 0. The highest BCUT2D eigenvalue weighted by Crippen LogP contribution is 2.43. The molecule has 0 radical (unpaired) electrons. The molecule has 0 nitrogen and oxygen atoms in total. The molecule has 0 amide bonds. The van der Waals surface area contributed by atoms with E-state index in [0.29, 0.717) is 5.88 Å². The lowest BCUT2D eigenvalue weighted by atomic mass is 9.70. The molecule has 0 aromatic heterocycles. The molecule has 3 aromatic rings. The summed E-state index contributed by atoms with van der Waals surface area (Å²) in [5.41, 5.74) is 4.19. The third-order valence-electron chi connectivity index (χ3n) is 5.78. The van der Waals surface area contributed by atoms with Gasteiger partial charge in [-0.1, -0.05) is 44.2 Å². The number of rotatable bonds is 3. The first-order valence-electron chi connectivity index (χ1n) is 9.25. The molecule has 1 aliphatic carbocycles. The van der Waals surface area contributed by atoms with Crippen molar-refractivity contribution >= 4 is 33.1 Å². The van der Waals surface area contributed by atoms with Gasteiger partial charge in [0, 0.05) is 11.3 Å². The van der Waals surface area contributed by atoms with Crippen LogP contribution >= 0.6 is 11.6 Å². The molecule has 0 saturated heterocycles. The van der Waals surface area contributed by atoms with Gasteiger partial charge in [0.05, 0.1) is 0 Å². The molecular formula is C23H24ClF. The molecule has 1 aliphatic rings. The van der Waals surface area contributed by atoms with E-state index in [1.807, 2.05) is 6.07 Å². The second kappa shape index (κ2) is 6.29. The number of benzene rings is 3. The monoisotopic (exact) mass is 354 g/mol. The highest BCUT2D eigenvalue weighted by atomic mass is 35.5. The Morgan fingerprint density at radius 1 is 1.08 bits per heavy atom. The van der Waals surface area contributed by atoms with Crippen molar-refractivity contribution in [3.8, 4) is 0 Å². The lowest BCUT2D eigenvalue weighted by molar-refractivity contribution is 0.436. The van der Waals surface area contributed by atoms with Gasteiger partial charge in [0.2, 0.25) is 0 Å². The molecule has 2 heteroatoms. The molecule has 3 aromatic carbocycles. The number of hydrogen-bond acceptors (Lipinski definition) is 0. The molecule has 0 fully saturated rings. The summed E-state index contributed by atoms with van der Waals surface area (Å²) in [5.74, 6) is 0.479. The molecule has 130 valence electrons. The second-order valence-electron chi connectivity index (χ2n) is 7.92. The topological polar surface area (TPSA) is 0 Å². The molecule has 4 rings (SSSR count). The van der Waals surface area contributed by atoms with Gasteiger partial charge >= 0.3 is 0 Å². The summed E-state index contributed by atoms with van der Waals surface area (Å²) < 4.78 is 14.7. The van der Waals surface area contributed by atoms with E-state index in [0.717, 1.165) is 35.6 Å². The fraction of sp³-hybridized carbons (Fsp3) is 0.391. The van der Waals surface area contributed by atoms with E-state index in [2.05, 4.69) is 38.1 Å². The van der Waals surface area contributed by atoms with Crippen molar-refractivity contribution in [1.29, 1.82) is 0 Å². The van der Waals surface area contributed by atoms with Crippen LogP contribution in [0.15, 0.2) is 36.4 Å². The molecular weight excluding hydrogens is 331 g/mol. The molecule has 0 atom stereocenters. The molecule has 0 heterocycles. The van der Waals surface area contributed by atoms with Crippen LogP contribution in [-0.4, -0.2) is 5.88 Å². The Bertz CT molecular complexity index is 955. The molecule has 0 spiro atoms. The van der Waals surface area contributed by atoms with Crippen LogP contribution in [0.3, 0.4) is 0 Å². The van der Waals surface area contributed by atoms with E-state index < -0.39 is 0 Å². The summed E-state index contributed by atoms with van der Waals surface area (Å²) >= 11 is 5.93. The van der Waals surface area contributed by atoms with Gasteiger partial charge in [0.1, 0.15) is 5.82 Å². The van der Waals surface area contributed by atoms with Gasteiger partial charge < -0.3 is 0 Å². The Hall–Kier alpha value is -1.60. The van der Waals surface area contributed by atoms with Gasteiger partial charge in [-0.05, 0) is 76.4 Å². The van der Waals surface area contributed by atoms with Gasteiger partial charge in [-0.25, -0.2) is 4.39 Å². The van der Waals surface area contributed by atoms with E-state index in [1.54, 1.807) is 6.07 Å². The summed E-state index contributed by atoms with van der Waals surface area (Å²) in [7, 11) is 0. The zero-order chi connectivity index (χ0) is 17.6. The van der Waals surface area contributed by atoms with Crippen molar-refractivity contribution in [2.75, 3.05) is 5.88 Å². The van der Waals surface area contributed by atoms with E-state index in [9.17, 15) is 4.39 Å². The minimum absolute atomic E-state index is 0.124. The third kappa shape index (κ3) is 2.73. The van der Waals surface area contributed by atoms with Crippen LogP contribution in [-0.2, 0) is 18.3 Å². The van der Waals surface area contributed by atoms with Gasteiger partial charge in [0.25, 0.3) is 0 Å². The fourth-order valence-electron chi connectivity index (χ4n) is 4.68. The summed E-state index contributed by atoms with van der Waals surface area (Å²) in [6.45, 7) is 4.69. The Labute approximate surface area is 154 Å². The highest BCUT2D eigenvalue weighted by molar-refractivity contribution is 6.17. The van der Waals surface area contributed by atoms with Crippen molar-refractivity contribution in [2.45, 2.75) is 51.4 Å².